The lowest BCUT2D eigenvalue weighted by Gasteiger charge is -2.02. The summed E-state index contributed by atoms with van der Waals surface area (Å²) in [6.07, 6.45) is 0. The van der Waals surface area contributed by atoms with E-state index in [1.54, 1.807) is 11.8 Å². The van der Waals surface area contributed by atoms with Gasteiger partial charge in [0.25, 0.3) is 5.91 Å². The first-order chi connectivity index (χ1) is 13.1. The van der Waals surface area contributed by atoms with Gasteiger partial charge in [0, 0.05) is 15.8 Å². The Balaban J connectivity index is 1.45. The lowest BCUT2D eigenvalue weighted by Crippen LogP contribution is -2.10. The molecule has 8 heteroatoms. The van der Waals surface area contributed by atoms with Gasteiger partial charge < -0.3 is 0 Å². The molecule has 4 aromatic rings. The van der Waals surface area contributed by atoms with Crippen molar-refractivity contribution >= 4 is 67.2 Å². The molecular weight excluding hydrogens is 418 g/mol. The number of nitrogens with zero attached hydrogens (tertiary/aromatic N) is 2. The minimum absolute atomic E-state index is 0.257. The minimum atomic E-state index is -0.257. The van der Waals surface area contributed by atoms with Crippen LogP contribution in [0.25, 0.3) is 10.1 Å². The average molecular weight is 432 g/mol. The van der Waals surface area contributed by atoms with Crippen LogP contribution in [0.5, 0.6) is 0 Å². The van der Waals surface area contributed by atoms with Crippen LogP contribution >= 0.6 is 46.0 Å². The normalized spacial score (nSPS) is 11.0. The van der Waals surface area contributed by atoms with Crippen LogP contribution in [0, 0.1) is 6.92 Å². The van der Waals surface area contributed by atoms with Crippen molar-refractivity contribution in [2.45, 2.75) is 17.0 Å². The van der Waals surface area contributed by atoms with Gasteiger partial charge in [-0.05, 0) is 24.1 Å². The van der Waals surface area contributed by atoms with Crippen molar-refractivity contribution in [1.29, 1.82) is 0 Å². The number of aryl methyl sites for hydroxylation is 1. The van der Waals surface area contributed by atoms with Crippen molar-refractivity contribution in [2.75, 3.05) is 5.32 Å². The highest BCUT2D eigenvalue weighted by molar-refractivity contribution is 8.00. The molecule has 0 atom stereocenters. The van der Waals surface area contributed by atoms with E-state index in [1.165, 1.54) is 33.8 Å². The fourth-order valence-electron chi connectivity index (χ4n) is 2.54. The van der Waals surface area contributed by atoms with Gasteiger partial charge in [-0.2, -0.15) is 0 Å². The lowest BCUT2D eigenvalue weighted by molar-refractivity contribution is 0.103. The van der Waals surface area contributed by atoms with Crippen LogP contribution in [-0.2, 0) is 5.75 Å². The Hall–Kier alpha value is -1.93. The summed E-state index contributed by atoms with van der Waals surface area (Å²) in [6, 6.07) is 16.0. The maximum atomic E-state index is 12.6. The van der Waals surface area contributed by atoms with Crippen LogP contribution in [-0.4, -0.2) is 16.1 Å². The van der Waals surface area contributed by atoms with E-state index in [-0.39, 0.29) is 5.91 Å². The van der Waals surface area contributed by atoms with Gasteiger partial charge in [0.2, 0.25) is 5.13 Å². The summed E-state index contributed by atoms with van der Waals surface area (Å²) >= 11 is 10.7. The molecule has 0 bridgehead atoms. The van der Waals surface area contributed by atoms with Crippen LogP contribution in [0.2, 0.25) is 5.02 Å². The van der Waals surface area contributed by atoms with Crippen molar-refractivity contribution < 1.29 is 4.79 Å². The van der Waals surface area contributed by atoms with Gasteiger partial charge in [-0.25, -0.2) is 0 Å². The number of carbonyl (C=O) groups is 1. The molecule has 136 valence electrons. The summed E-state index contributed by atoms with van der Waals surface area (Å²) in [5, 5.41) is 12.9. The number of benzene rings is 2. The average Bonchev–Trinajstić information content (AvgIpc) is 3.26. The first-order valence-electron chi connectivity index (χ1n) is 8.11. The second-order valence-electron chi connectivity index (χ2n) is 5.78. The molecule has 27 heavy (non-hydrogen) atoms. The van der Waals surface area contributed by atoms with E-state index in [1.807, 2.05) is 36.4 Å². The predicted molar refractivity (Wildman–Crippen MR) is 115 cm³/mol. The number of thiophene rings is 1. The van der Waals surface area contributed by atoms with Crippen molar-refractivity contribution in [2.24, 2.45) is 0 Å². The summed E-state index contributed by atoms with van der Waals surface area (Å²) in [4.78, 5) is 13.1. The van der Waals surface area contributed by atoms with Crippen LogP contribution in [0.1, 0.15) is 20.8 Å². The first-order valence-corrected chi connectivity index (χ1v) is 11.1. The Morgan fingerprint density at radius 3 is 2.70 bits per heavy atom. The number of hydrogen-bond donors (Lipinski definition) is 1. The van der Waals surface area contributed by atoms with E-state index >= 15 is 0 Å². The van der Waals surface area contributed by atoms with Crippen molar-refractivity contribution in [1.82, 2.24) is 10.2 Å². The van der Waals surface area contributed by atoms with Crippen molar-refractivity contribution in [3.8, 4) is 0 Å². The summed E-state index contributed by atoms with van der Waals surface area (Å²) < 4.78 is 1.80. The van der Waals surface area contributed by atoms with Gasteiger partial charge in [-0.1, -0.05) is 77.2 Å². The fourth-order valence-corrected chi connectivity index (χ4v) is 5.78. The zero-order valence-electron chi connectivity index (χ0n) is 14.2. The SMILES string of the molecule is Cc1ccccc1CSc1nnc(NC(=O)c2sc3ccccc3c2Cl)s1. The molecule has 0 fully saturated rings. The standard InChI is InChI=1S/C19H14ClN3OS3/c1-11-6-2-3-7-12(11)10-25-19-23-22-18(27-19)21-17(24)16-15(20)13-8-4-5-9-14(13)26-16/h2-9H,10H2,1H3,(H,21,22,24). The fraction of sp³-hybridized carbons (Fsp3) is 0.105. The van der Waals surface area contributed by atoms with Gasteiger partial charge in [-0.3, -0.25) is 10.1 Å². The third kappa shape index (κ3) is 4.01. The largest absolute Gasteiger partial charge is 0.296 e. The molecule has 0 radical (unpaired) electrons. The molecule has 2 aromatic heterocycles. The quantitative estimate of drug-likeness (QED) is 0.299. The molecule has 2 heterocycles. The van der Waals surface area contributed by atoms with Crippen LogP contribution in [0.15, 0.2) is 52.9 Å². The number of nitrogens with one attached hydrogen (secondary N) is 1. The van der Waals surface area contributed by atoms with E-state index in [9.17, 15) is 4.79 Å². The van der Waals surface area contributed by atoms with Crippen LogP contribution < -0.4 is 5.32 Å². The molecule has 1 amide bonds. The number of amides is 1. The van der Waals surface area contributed by atoms with Gasteiger partial charge in [-0.15, -0.1) is 21.5 Å². The van der Waals surface area contributed by atoms with E-state index in [0.717, 1.165) is 20.2 Å². The topological polar surface area (TPSA) is 54.9 Å². The van der Waals surface area contributed by atoms with Gasteiger partial charge >= 0.3 is 0 Å². The minimum Gasteiger partial charge on any atom is -0.296 e. The molecule has 0 saturated heterocycles. The van der Waals surface area contributed by atoms with Gasteiger partial charge in [0.15, 0.2) is 4.34 Å². The number of carbonyl (C=O) groups excluding carboxylic acids is 1. The molecule has 1 N–H and O–H groups in total. The third-order valence-corrected chi connectivity index (χ3v) is 7.68. The summed E-state index contributed by atoms with van der Waals surface area (Å²) in [7, 11) is 0. The Bertz CT molecular complexity index is 1120. The zero-order chi connectivity index (χ0) is 18.8. The van der Waals surface area contributed by atoms with E-state index in [4.69, 9.17) is 11.6 Å². The zero-order valence-corrected chi connectivity index (χ0v) is 17.4. The number of rotatable bonds is 5. The molecule has 0 unspecified atom stereocenters. The highest BCUT2D eigenvalue weighted by Gasteiger charge is 2.18. The highest BCUT2D eigenvalue weighted by atomic mass is 35.5. The molecule has 4 nitrogen and oxygen atoms in total. The smallest absolute Gasteiger partial charge is 0.269 e. The summed E-state index contributed by atoms with van der Waals surface area (Å²) in [6.45, 7) is 2.09. The monoisotopic (exact) mass is 431 g/mol. The molecule has 0 aliphatic rings. The molecule has 2 aromatic carbocycles. The van der Waals surface area contributed by atoms with Crippen molar-refractivity contribution in [3.05, 3.63) is 69.6 Å². The Morgan fingerprint density at radius 1 is 1.11 bits per heavy atom. The van der Waals surface area contributed by atoms with Crippen molar-refractivity contribution in [3.63, 3.8) is 0 Å². The first kappa shape index (κ1) is 18.4. The number of anilines is 1. The van der Waals surface area contributed by atoms with Gasteiger partial charge in [0.1, 0.15) is 4.88 Å². The summed E-state index contributed by atoms with van der Waals surface area (Å²) in [5.74, 6) is 0.560. The van der Waals surface area contributed by atoms with Crippen LogP contribution in [0.4, 0.5) is 5.13 Å². The maximum absolute atomic E-state index is 12.6. The van der Waals surface area contributed by atoms with Gasteiger partial charge in [0.05, 0.1) is 5.02 Å². The Kier molecular flexibility index (Phi) is 5.45. The number of halogens is 1. The van der Waals surface area contributed by atoms with E-state index in [0.29, 0.717) is 15.0 Å². The van der Waals surface area contributed by atoms with E-state index in [2.05, 4.69) is 34.6 Å². The Morgan fingerprint density at radius 2 is 1.89 bits per heavy atom. The molecule has 0 aliphatic heterocycles. The number of hydrogen-bond acceptors (Lipinski definition) is 6. The molecule has 0 saturated carbocycles. The predicted octanol–water partition coefficient (Wildman–Crippen LogP) is 6.26. The maximum Gasteiger partial charge on any atom is 0.269 e. The second-order valence-corrected chi connectivity index (χ2v) is 9.41. The summed E-state index contributed by atoms with van der Waals surface area (Å²) in [5.41, 5.74) is 2.52. The van der Waals surface area contributed by atoms with E-state index < -0.39 is 0 Å². The number of aromatic nitrogens is 2. The highest BCUT2D eigenvalue weighted by Crippen LogP contribution is 2.36. The number of fused-ring (bicyclic) bond motifs is 1. The number of thioether (sulfide) groups is 1. The molecule has 4 rings (SSSR count). The Labute approximate surface area is 173 Å². The van der Waals surface area contributed by atoms with Crippen LogP contribution in [0.3, 0.4) is 0 Å². The molecular formula is C19H14ClN3OS3. The second kappa shape index (κ2) is 7.98. The molecule has 0 aliphatic carbocycles. The lowest BCUT2D eigenvalue weighted by atomic mass is 10.1. The third-order valence-electron chi connectivity index (χ3n) is 3.98. The molecule has 0 spiro atoms.